The zero-order valence-corrected chi connectivity index (χ0v) is 12.6. The van der Waals surface area contributed by atoms with Crippen molar-refractivity contribution < 1.29 is 12.8 Å². The van der Waals surface area contributed by atoms with Gasteiger partial charge in [-0.2, -0.15) is 0 Å². The summed E-state index contributed by atoms with van der Waals surface area (Å²) in [6.45, 7) is 4.11. The molecule has 6 heteroatoms. The van der Waals surface area contributed by atoms with Gasteiger partial charge in [-0.1, -0.05) is 26.7 Å². The van der Waals surface area contributed by atoms with E-state index in [4.69, 9.17) is 5.73 Å². The predicted octanol–water partition coefficient (Wildman–Crippen LogP) is 2.66. The number of nitrogen functional groups attached to an aromatic ring is 1. The number of benzene rings is 1. The van der Waals surface area contributed by atoms with Gasteiger partial charge in [-0.3, -0.25) is 0 Å². The molecule has 0 spiro atoms. The fourth-order valence-corrected chi connectivity index (χ4v) is 4.21. The fraction of sp³-hybridized carbons (Fsp3) is 0.571. The molecule has 1 fully saturated rings. The number of hydrogen-bond donors (Lipinski definition) is 2. The molecular weight excluding hydrogens is 279 g/mol. The Morgan fingerprint density at radius 3 is 2.60 bits per heavy atom. The third kappa shape index (κ3) is 3.30. The van der Waals surface area contributed by atoms with E-state index < -0.39 is 15.8 Å². The lowest BCUT2D eigenvalue weighted by Gasteiger charge is -2.38. The van der Waals surface area contributed by atoms with Gasteiger partial charge in [0.15, 0.2) is 0 Å². The molecule has 0 amide bonds. The van der Waals surface area contributed by atoms with Gasteiger partial charge in [0.05, 0.1) is 4.90 Å². The van der Waals surface area contributed by atoms with Crippen molar-refractivity contribution in [2.45, 2.75) is 50.5 Å². The van der Waals surface area contributed by atoms with Crippen molar-refractivity contribution in [2.75, 3.05) is 5.73 Å². The largest absolute Gasteiger partial charge is 0.399 e. The highest BCUT2D eigenvalue weighted by molar-refractivity contribution is 7.89. The smallest absolute Gasteiger partial charge is 0.241 e. The third-order valence-electron chi connectivity index (χ3n) is 4.01. The van der Waals surface area contributed by atoms with Crippen LogP contribution < -0.4 is 10.5 Å². The molecule has 0 aliphatic heterocycles. The highest BCUT2D eigenvalue weighted by Crippen LogP contribution is 2.36. The van der Waals surface area contributed by atoms with Gasteiger partial charge < -0.3 is 5.73 Å². The molecule has 0 saturated heterocycles. The number of nitrogens with two attached hydrogens (primary N) is 1. The van der Waals surface area contributed by atoms with E-state index in [0.717, 1.165) is 37.8 Å². The van der Waals surface area contributed by atoms with Crippen molar-refractivity contribution in [3.05, 3.63) is 24.0 Å². The second-order valence-electron chi connectivity index (χ2n) is 6.13. The number of nitrogens with one attached hydrogen (secondary N) is 1. The Labute approximate surface area is 119 Å². The van der Waals surface area contributed by atoms with E-state index in [-0.39, 0.29) is 22.0 Å². The third-order valence-corrected chi connectivity index (χ3v) is 5.46. The maximum atomic E-state index is 13.3. The molecule has 1 aromatic carbocycles. The number of halogens is 1. The predicted molar refractivity (Wildman–Crippen MR) is 77.2 cm³/mol. The molecule has 1 unspecified atom stereocenters. The summed E-state index contributed by atoms with van der Waals surface area (Å²) in [6.07, 6.45) is 3.89. The first-order valence-corrected chi connectivity index (χ1v) is 8.27. The lowest BCUT2D eigenvalue weighted by atomic mass is 9.74. The van der Waals surface area contributed by atoms with Gasteiger partial charge in [-0.15, -0.1) is 0 Å². The van der Waals surface area contributed by atoms with Crippen LogP contribution in [0.2, 0.25) is 0 Å². The molecule has 2 rings (SSSR count). The summed E-state index contributed by atoms with van der Waals surface area (Å²) in [5.74, 6) is -0.645. The first kappa shape index (κ1) is 15.3. The zero-order valence-electron chi connectivity index (χ0n) is 11.8. The first-order valence-electron chi connectivity index (χ1n) is 6.79. The number of hydrogen-bond acceptors (Lipinski definition) is 3. The summed E-state index contributed by atoms with van der Waals surface area (Å²) < 4.78 is 40.7. The second-order valence-corrected chi connectivity index (χ2v) is 7.84. The van der Waals surface area contributed by atoms with Gasteiger partial charge >= 0.3 is 0 Å². The van der Waals surface area contributed by atoms with Crippen molar-refractivity contribution in [1.29, 1.82) is 0 Å². The van der Waals surface area contributed by atoms with Crippen LogP contribution >= 0.6 is 0 Å². The summed E-state index contributed by atoms with van der Waals surface area (Å²) in [6, 6.07) is 3.24. The Balaban J connectivity index is 2.26. The molecule has 1 aromatic rings. The molecule has 1 aliphatic carbocycles. The molecule has 112 valence electrons. The van der Waals surface area contributed by atoms with Crippen molar-refractivity contribution in [2.24, 2.45) is 5.41 Å². The first-order chi connectivity index (χ1) is 9.21. The van der Waals surface area contributed by atoms with E-state index in [1.807, 2.05) is 0 Å². The van der Waals surface area contributed by atoms with Crippen molar-refractivity contribution >= 4 is 15.7 Å². The molecule has 3 N–H and O–H groups in total. The number of rotatable bonds is 3. The van der Waals surface area contributed by atoms with Crippen LogP contribution in [0.1, 0.15) is 39.5 Å². The summed E-state index contributed by atoms with van der Waals surface area (Å²) in [4.78, 5) is -0.114. The highest BCUT2D eigenvalue weighted by atomic mass is 32.2. The molecule has 0 heterocycles. The lowest BCUT2D eigenvalue weighted by molar-refractivity contribution is 0.188. The number of sulfonamides is 1. The van der Waals surface area contributed by atoms with Crippen LogP contribution in [0.4, 0.5) is 10.1 Å². The number of anilines is 1. The van der Waals surface area contributed by atoms with Gasteiger partial charge in [0, 0.05) is 11.7 Å². The molecule has 0 bridgehead atoms. The SMILES string of the molecule is CC1(C)CCCCC1NS(=O)(=O)c1cc(N)cc(F)c1. The second kappa shape index (κ2) is 5.33. The van der Waals surface area contributed by atoms with Crippen LogP contribution in [-0.4, -0.2) is 14.5 Å². The van der Waals surface area contributed by atoms with Gasteiger partial charge in [-0.05, 0) is 36.5 Å². The van der Waals surface area contributed by atoms with Crippen LogP contribution in [0.5, 0.6) is 0 Å². The maximum Gasteiger partial charge on any atom is 0.241 e. The highest BCUT2D eigenvalue weighted by Gasteiger charge is 2.35. The average molecular weight is 300 g/mol. The van der Waals surface area contributed by atoms with Crippen LogP contribution in [0, 0.1) is 11.2 Å². The van der Waals surface area contributed by atoms with Crippen LogP contribution in [-0.2, 0) is 10.0 Å². The topological polar surface area (TPSA) is 72.2 Å². The minimum atomic E-state index is -3.75. The molecule has 0 aromatic heterocycles. The van der Waals surface area contributed by atoms with E-state index in [2.05, 4.69) is 18.6 Å². The van der Waals surface area contributed by atoms with Crippen LogP contribution in [0.3, 0.4) is 0 Å². The van der Waals surface area contributed by atoms with Crippen LogP contribution in [0.15, 0.2) is 23.1 Å². The summed E-state index contributed by atoms with van der Waals surface area (Å²) >= 11 is 0. The molecule has 0 radical (unpaired) electrons. The quantitative estimate of drug-likeness (QED) is 0.843. The van der Waals surface area contributed by atoms with Crippen molar-refractivity contribution in [1.82, 2.24) is 4.72 Å². The fourth-order valence-electron chi connectivity index (χ4n) is 2.71. The minimum Gasteiger partial charge on any atom is -0.399 e. The lowest BCUT2D eigenvalue weighted by Crippen LogP contribution is -2.46. The standard InChI is InChI=1S/C14H21FN2O2S/c1-14(2)6-4-3-5-13(14)17-20(18,19)12-8-10(15)7-11(16)9-12/h7-9,13,17H,3-6,16H2,1-2H3. The monoisotopic (exact) mass is 300 g/mol. The van der Waals surface area contributed by atoms with Crippen LogP contribution in [0.25, 0.3) is 0 Å². The molecule has 1 saturated carbocycles. The summed E-state index contributed by atoms with van der Waals surface area (Å²) in [5, 5.41) is 0. The molecule has 4 nitrogen and oxygen atoms in total. The van der Waals surface area contributed by atoms with E-state index in [1.54, 1.807) is 0 Å². The molecular formula is C14H21FN2O2S. The van der Waals surface area contributed by atoms with Crippen molar-refractivity contribution in [3.63, 3.8) is 0 Å². The Hall–Kier alpha value is -1.14. The van der Waals surface area contributed by atoms with E-state index in [1.165, 1.54) is 6.07 Å². The molecule has 1 atom stereocenters. The van der Waals surface area contributed by atoms with E-state index in [0.29, 0.717) is 0 Å². The van der Waals surface area contributed by atoms with Crippen molar-refractivity contribution in [3.8, 4) is 0 Å². The van der Waals surface area contributed by atoms with Gasteiger partial charge in [-0.25, -0.2) is 17.5 Å². The Morgan fingerprint density at radius 2 is 2.00 bits per heavy atom. The molecule has 20 heavy (non-hydrogen) atoms. The molecule has 1 aliphatic rings. The van der Waals surface area contributed by atoms with Gasteiger partial charge in [0.25, 0.3) is 0 Å². The Morgan fingerprint density at radius 1 is 1.30 bits per heavy atom. The minimum absolute atomic E-state index is 0.0931. The van der Waals surface area contributed by atoms with Gasteiger partial charge in [0.1, 0.15) is 5.82 Å². The Kier molecular flexibility index (Phi) is 4.07. The zero-order chi connectivity index (χ0) is 15.0. The maximum absolute atomic E-state index is 13.3. The van der Waals surface area contributed by atoms with Gasteiger partial charge in [0.2, 0.25) is 10.0 Å². The normalized spacial score (nSPS) is 22.6. The summed E-state index contributed by atoms with van der Waals surface area (Å²) in [7, 11) is -3.75. The Bertz CT molecular complexity index is 579. The van der Waals surface area contributed by atoms with E-state index in [9.17, 15) is 12.8 Å². The average Bonchev–Trinajstić information content (AvgIpc) is 2.30. The van der Waals surface area contributed by atoms with E-state index >= 15 is 0 Å². The summed E-state index contributed by atoms with van der Waals surface area (Å²) in [5.41, 5.74) is 5.52.